The molecule has 0 aliphatic heterocycles. The Morgan fingerprint density at radius 2 is 1.75 bits per heavy atom. The summed E-state index contributed by atoms with van der Waals surface area (Å²) in [5, 5.41) is 5.51. The fraction of sp³-hybridized carbons (Fsp3) is 0.867. The number of hydrogen-bond acceptors (Lipinski definition) is 3. The molecule has 2 amide bonds. The van der Waals surface area contributed by atoms with E-state index in [0.717, 1.165) is 12.8 Å². The van der Waals surface area contributed by atoms with E-state index in [4.69, 9.17) is 5.73 Å². The maximum absolute atomic E-state index is 11.8. The number of nitrogens with two attached hydrogens (primary N) is 1. The third-order valence-corrected chi connectivity index (χ3v) is 4.22. The SMILES string of the molecule is CC(C)[C@H](N)C(=O)NCC(=O)NCC1(C)CCCCC1. The summed E-state index contributed by atoms with van der Waals surface area (Å²) >= 11 is 0. The zero-order valence-corrected chi connectivity index (χ0v) is 13.0. The highest BCUT2D eigenvalue weighted by Gasteiger charge is 2.27. The first-order chi connectivity index (χ1) is 9.34. The van der Waals surface area contributed by atoms with E-state index in [0.29, 0.717) is 6.54 Å². The van der Waals surface area contributed by atoms with E-state index in [1.54, 1.807) is 0 Å². The summed E-state index contributed by atoms with van der Waals surface area (Å²) in [6.45, 7) is 6.69. The molecule has 1 rings (SSSR count). The second-order valence-corrected chi connectivity index (χ2v) is 6.64. The molecule has 0 bridgehead atoms. The van der Waals surface area contributed by atoms with Crippen molar-refractivity contribution in [2.45, 2.75) is 58.9 Å². The second kappa shape index (κ2) is 7.62. The van der Waals surface area contributed by atoms with Crippen LogP contribution in [0.2, 0.25) is 0 Å². The largest absolute Gasteiger partial charge is 0.354 e. The molecule has 1 atom stereocenters. The maximum atomic E-state index is 11.8. The van der Waals surface area contributed by atoms with E-state index in [-0.39, 0.29) is 29.7 Å². The van der Waals surface area contributed by atoms with Gasteiger partial charge in [0.1, 0.15) is 0 Å². The van der Waals surface area contributed by atoms with Crippen molar-refractivity contribution in [1.29, 1.82) is 0 Å². The van der Waals surface area contributed by atoms with Crippen LogP contribution >= 0.6 is 0 Å². The molecule has 20 heavy (non-hydrogen) atoms. The van der Waals surface area contributed by atoms with E-state index in [1.807, 2.05) is 13.8 Å². The average Bonchev–Trinajstić information content (AvgIpc) is 2.42. The lowest BCUT2D eigenvalue weighted by molar-refractivity contribution is -0.127. The van der Waals surface area contributed by atoms with Crippen molar-refractivity contribution < 1.29 is 9.59 Å². The molecular formula is C15H29N3O2. The first-order valence-electron chi connectivity index (χ1n) is 7.64. The van der Waals surface area contributed by atoms with Crippen LogP contribution in [0.4, 0.5) is 0 Å². The standard InChI is InChI=1S/C15H29N3O2/c1-11(2)13(16)14(20)17-9-12(19)18-10-15(3)7-5-4-6-8-15/h11,13H,4-10,16H2,1-3H3,(H,17,20)(H,18,19)/t13-/m0/s1. The maximum Gasteiger partial charge on any atom is 0.239 e. The zero-order chi connectivity index (χ0) is 15.2. The summed E-state index contributed by atoms with van der Waals surface area (Å²) in [4.78, 5) is 23.4. The monoisotopic (exact) mass is 283 g/mol. The first-order valence-corrected chi connectivity index (χ1v) is 7.64. The molecular weight excluding hydrogens is 254 g/mol. The van der Waals surface area contributed by atoms with Crippen LogP contribution < -0.4 is 16.4 Å². The van der Waals surface area contributed by atoms with Crippen molar-refractivity contribution in [2.75, 3.05) is 13.1 Å². The molecule has 5 heteroatoms. The van der Waals surface area contributed by atoms with Gasteiger partial charge in [-0.25, -0.2) is 0 Å². The lowest BCUT2D eigenvalue weighted by atomic mass is 9.76. The molecule has 1 saturated carbocycles. The minimum absolute atomic E-state index is 0.00926. The van der Waals surface area contributed by atoms with E-state index < -0.39 is 6.04 Å². The molecule has 0 aromatic carbocycles. The fourth-order valence-corrected chi connectivity index (χ4v) is 2.54. The zero-order valence-electron chi connectivity index (χ0n) is 13.0. The topological polar surface area (TPSA) is 84.2 Å². The van der Waals surface area contributed by atoms with Gasteiger partial charge in [0.2, 0.25) is 11.8 Å². The van der Waals surface area contributed by atoms with Crippen LogP contribution in [0, 0.1) is 11.3 Å². The summed E-state index contributed by atoms with van der Waals surface area (Å²) in [6.07, 6.45) is 6.11. The number of hydrogen-bond donors (Lipinski definition) is 3. The molecule has 0 aromatic heterocycles. The number of rotatable bonds is 6. The van der Waals surface area contributed by atoms with Crippen molar-refractivity contribution in [3.63, 3.8) is 0 Å². The van der Waals surface area contributed by atoms with E-state index in [9.17, 15) is 9.59 Å². The third kappa shape index (κ3) is 5.49. The van der Waals surface area contributed by atoms with Gasteiger partial charge >= 0.3 is 0 Å². The quantitative estimate of drug-likeness (QED) is 0.684. The first kappa shape index (κ1) is 17.0. The molecule has 1 aliphatic rings. The van der Waals surface area contributed by atoms with Gasteiger partial charge in [0, 0.05) is 6.54 Å². The summed E-state index contributed by atoms with van der Waals surface area (Å²) in [5.41, 5.74) is 5.93. The van der Waals surface area contributed by atoms with Crippen LogP contribution in [0.3, 0.4) is 0 Å². The Bertz CT molecular complexity index is 336. The Hall–Kier alpha value is -1.10. The van der Waals surface area contributed by atoms with Crippen molar-refractivity contribution in [1.82, 2.24) is 10.6 Å². The summed E-state index contributed by atoms with van der Waals surface area (Å²) in [7, 11) is 0. The minimum atomic E-state index is -0.557. The van der Waals surface area contributed by atoms with Gasteiger partial charge in [0.15, 0.2) is 0 Å². The molecule has 5 nitrogen and oxygen atoms in total. The number of carbonyl (C=O) groups excluding carboxylic acids is 2. The van der Waals surface area contributed by atoms with Gasteiger partial charge in [0.25, 0.3) is 0 Å². The van der Waals surface area contributed by atoms with Gasteiger partial charge in [-0.3, -0.25) is 9.59 Å². The van der Waals surface area contributed by atoms with Crippen LogP contribution in [0.15, 0.2) is 0 Å². The Morgan fingerprint density at radius 3 is 2.30 bits per heavy atom. The van der Waals surface area contributed by atoms with Crippen LogP contribution in [0.1, 0.15) is 52.9 Å². The summed E-state index contributed by atoms with van der Waals surface area (Å²) in [5.74, 6) is -0.334. The summed E-state index contributed by atoms with van der Waals surface area (Å²) < 4.78 is 0. The number of nitrogens with one attached hydrogen (secondary N) is 2. The lowest BCUT2D eigenvalue weighted by Gasteiger charge is -2.33. The highest BCUT2D eigenvalue weighted by molar-refractivity contribution is 5.87. The van der Waals surface area contributed by atoms with Gasteiger partial charge in [-0.15, -0.1) is 0 Å². The summed E-state index contributed by atoms with van der Waals surface area (Å²) in [6, 6.07) is -0.557. The normalized spacial score (nSPS) is 19.4. The van der Waals surface area contributed by atoms with Gasteiger partial charge in [-0.2, -0.15) is 0 Å². The van der Waals surface area contributed by atoms with Crippen LogP contribution in [0.5, 0.6) is 0 Å². The van der Waals surface area contributed by atoms with E-state index in [2.05, 4.69) is 17.6 Å². The number of amides is 2. The predicted molar refractivity (Wildman–Crippen MR) is 80.0 cm³/mol. The smallest absolute Gasteiger partial charge is 0.239 e. The Balaban J connectivity index is 2.25. The van der Waals surface area contributed by atoms with Gasteiger partial charge in [-0.1, -0.05) is 40.0 Å². The van der Waals surface area contributed by atoms with Gasteiger partial charge in [-0.05, 0) is 24.2 Å². The van der Waals surface area contributed by atoms with E-state index in [1.165, 1.54) is 19.3 Å². The van der Waals surface area contributed by atoms with Crippen LogP contribution in [0.25, 0.3) is 0 Å². The third-order valence-electron chi connectivity index (χ3n) is 4.22. The minimum Gasteiger partial charge on any atom is -0.354 e. The van der Waals surface area contributed by atoms with Crippen LogP contribution in [-0.2, 0) is 9.59 Å². The van der Waals surface area contributed by atoms with Crippen molar-refractivity contribution in [3.05, 3.63) is 0 Å². The number of carbonyl (C=O) groups is 2. The van der Waals surface area contributed by atoms with Crippen molar-refractivity contribution in [3.8, 4) is 0 Å². The van der Waals surface area contributed by atoms with Crippen LogP contribution in [-0.4, -0.2) is 30.9 Å². The lowest BCUT2D eigenvalue weighted by Crippen LogP contribution is -2.48. The molecule has 0 aromatic rings. The highest BCUT2D eigenvalue weighted by atomic mass is 16.2. The van der Waals surface area contributed by atoms with Gasteiger partial charge < -0.3 is 16.4 Å². The molecule has 0 heterocycles. The van der Waals surface area contributed by atoms with E-state index >= 15 is 0 Å². The molecule has 1 fully saturated rings. The Labute approximate surface area is 122 Å². The van der Waals surface area contributed by atoms with Crippen molar-refractivity contribution >= 4 is 11.8 Å². The molecule has 0 radical (unpaired) electrons. The Morgan fingerprint density at radius 1 is 1.15 bits per heavy atom. The molecule has 4 N–H and O–H groups in total. The predicted octanol–water partition coefficient (Wildman–Crippen LogP) is 1.17. The molecule has 0 unspecified atom stereocenters. The Kier molecular flexibility index (Phi) is 6.46. The van der Waals surface area contributed by atoms with Crippen molar-refractivity contribution in [2.24, 2.45) is 17.1 Å². The molecule has 0 spiro atoms. The average molecular weight is 283 g/mol. The molecule has 116 valence electrons. The molecule has 0 saturated heterocycles. The molecule has 1 aliphatic carbocycles. The van der Waals surface area contributed by atoms with Gasteiger partial charge in [0.05, 0.1) is 12.6 Å². The second-order valence-electron chi connectivity index (χ2n) is 6.64. The fourth-order valence-electron chi connectivity index (χ4n) is 2.54. The highest BCUT2D eigenvalue weighted by Crippen LogP contribution is 2.34.